The Hall–Kier alpha value is -2.76. The minimum absolute atomic E-state index is 0.210. The number of carboxylic acid groups (broad SMARTS) is 3. The molecule has 5 N–H and O–H groups in total. The fourth-order valence-corrected chi connectivity index (χ4v) is 3.13. The number of rotatable bonds is 6. The maximum absolute atomic E-state index is 11.2. The molecule has 1 aromatic rings. The van der Waals surface area contributed by atoms with Gasteiger partial charge in [0, 0.05) is 45.0 Å². The van der Waals surface area contributed by atoms with Gasteiger partial charge in [-0.05, 0) is 12.1 Å². The first kappa shape index (κ1) is 21.5. The van der Waals surface area contributed by atoms with Crippen molar-refractivity contribution in [3.63, 3.8) is 0 Å². The number of aliphatic carboxylic acids is 3. The number of aromatic nitrogens is 1. The Morgan fingerprint density at radius 3 is 1.54 bits per heavy atom. The lowest BCUT2D eigenvalue weighted by molar-refractivity contribution is -0.140. The summed E-state index contributed by atoms with van der Waals surface area (Å²) in [7, 11) is 0. The van der Waals surface area contributed by atoms with Crippen molar-refractivity contribution in [2.75, 3.05) is 51.5 Å². The summed E-state index contributed by atoms with van der Waals surface area (Å²) in [5.74, 6) is -2.98. The van der Waals surface area contributed by atoms with Crippen LogP contribution in [0.15, 0.2) is 12.1 Å². The van der Waals surface area contributed by atoms with Crippen LogP contribution < -0.4 is 5.73 Å². The molecule has 1 aliphatic rings. The molecule has 0 saturated carbocycles. The number of nitrogen functional groups attached to an aromatic ring is 1. The molecule has 0 atom stereocenters. The van der Waals surface area contributed by atoms with Gasteiger partial charge in [-0.25, -0.2) is 0 Å². The smallest absolute Gasteiger partial charge is 0.317 e. The molecule has 0 radical (unpaired) electrons. The second-order valence-corrected chi connectivity index (χ2v) is 6.76. The van der Waals surface area contributed by atoms with E-state index in [9.17, 15) is 14.4 Å². The molecule has 11 heteroatoms. The molecule has 0 aliphatic carbocycles. The highest BCUT2D eigenvalue weighted by Crippen LogP contribution is 2.13. The molecule has 11 nitrogen and oxygen atoms in total. The van der Waals surface area contributed by atoms with Crippen LogP contribution in [0.2, 0.25) is 0 Å². The van der Waals surface area contributed by atoms with E-state index in [2.05, 4.69) is 4.98 Å². The van der Waals surface area contributed by atoms with Gasteiger partial charge in [-0.1, -0.05) is 0 Å². The van der Waals surface area contributed by atoms with Crippen LogP contribution in [0.1, 0.15) is 11.4 Å². The number of nitrogens with two attached hydrogens (primary N) is 1. The summed E-state index contributed by atoms with van der Waals surface area (Å²) >= 11 is 0. The molecule has 2 heterocycles. The number of fused-ring (bicyclic) bond motifs is 2. The molecule has 0 fully saturated rings. The van der Waals surface area contributed by atoms with Crippen LogP contribution in [0.25, 0.3) is 0 Å². The Labute approximate surface area is 162 Å². The lowest BCUT2D eigenvalue weighted by Crippen LogP contribution is -2.44. The number of pyridine rings is 1. The van der Waals surface area contributed by atoms with Gasteiger partial charge >= 0.3 is 17.9 Å². The summed E-state index contributed by atoms with van der Waals surface area (Å²) in [6.45, 7) is 1.16. The second kappa shape index (κ2) is 9.97. The normalized spacial score (nSPS) is 17.4. The van der Waals surface area contributed by atoms with Crippen molar-refractivity contribution in [1.29, 1.82) is 0 Å². The van der Waals surface area contributed by atoms with E-state index in [4.69, 9.17) is 21.1 Å². The molecule has 0 aromatic carbocycles. The Bertz CT molecular complexity index is 680. The van der Waals surface area contributed by atoms with Crippen LogP contribution in [0.5, 0.6) is 0 Å². The number of carbonyl (C=O) groups is 3. The summed E-state index contributed by atoms with van der Waals surface area (Å²) < 4.78 is 0. The predicted octanol–water partition coefficient (Wildman–Crippen LogP) is -1.16. The first-order valence-electron chi connectivity index (χ1n) is 8.79. The first-order chi connectivity index (χ1) is 13.2. The Morgan fingerprint density at radius 2 is 1.14 bits per heavy atom. The van der Waals surface area contributed by atoms with E-state index < -0.39 is 17.9 Å². The largest absolute Gasteiger partial charge is 0.480 e. The van der Waals surface area contributed by atoms with Crippen molar-refractivity contribution in [3.8, 4) is 0 Å². The minimum Gasteiger partial charge on any atom is -0.480 e. The third-order valence-electron chi connectivity index (χ3n) is 4.27. The number of anilines is 1. The van der Waals surface area contributed by atoms with Crippen molar-refractivity contribution in [3.05, 3.63) is 23.5 Å². The van der Waals surface area contributed by atoms with Crippen molar-refractivity contribution >= 4 is 23.6 Å². The van der Waals surface area contributed by atoms with Crippen molar-refractivity contribution in [2.24, 2.45) is 0 Å². The second-order valence-electron chi connectivity index (χ2n) is 6.76. The van der Waals surface area contributed by atoms with Gasteiger partial charge in [-0.3, -0.25) is 34.1 Å². The lowest BCUT2D eigenvalue weighted by Gasteiger charge is -2.29. The lowest BCUT2D eigenvalue weighted by atomic mass is 10.2. The van der Waals surface area contributed by atoms with Crippen LogP contribution in [-0.2, 0) is 27.5 Å². The van der Waals surface area contributed by atoms with Gasteiger partial charge in [0.15, 0.2) is 0 Å². The van der Waals surface area contributed by atoms with Crippen molar-refractivity contribution in [2.45, 2.75) is 13.1 Å². The Balaban J connectivity index is 2.30. The number of hydrogen-bond acceptors (Lipinski definition) is 8. The average molecular weight is 395 g/mol. The molecule has 0 unspecified atom stereocenters. The SMILES string of the molecule is Nc1cc2nc(c1)CN(CC(=O)O)CCN(CC(=O)O)CCN(CC(=O)O)C2. The van der Waals surface area contributed by atoms with E-state index in [1.54, 1.807) is 26.8 Å². The topological polar surface area (TPSA) is 161 Å². The quantitative estimate of drug-likeness (QED) is 0.460. The number of nitrogens with zero attached hydrogens (tertiary/aromatic N) is 4. The van der Waals surface area contributed by atoms with Gasteiger partial charge in [0.25, 0.3) is 0 Å². The third kappa shape index (κ3) is 7.47. The summed E-state index contributed by atoms with van der Waals surface area (Å²) in [6, 6.07) is 3.31. The molecule has 0 saturated heterocycles. The maximum atomic E-state index is 11.2. The molecule has 2 bridgehead atoms. The molecule has 1 aromatic heterocycles. The Kier molecular flexibility index (Phi) is 7.67. The summed E-state index contributed by atoms with van der Waals surface area (Å²) in [4.78, 5) is 43.0. The van der Waals surface area contributed by atoms with Gasteiger partial charge in [0.05, 0.1) is 31.0 Å². The van der Waals surface area contributed by atoms with E-state index in [-0.39, 0.29) is 32.7 Å². The van der Waals surface area contributed by atoms with Crippen LogP contribution in [0.4, 0.5) is 5.69 Å². The fraction of sp³-hybridized carbons (Fsp3) is 0.529. The predicted molar refractivity (Wildman–Crippen MR) is 98.6 cm³/mol. The van der Waals surface area contributed by atoms with Crippen molar-refractivity contribution < 1.29 is 29.7 Å². The first-order valence-corrected chi connectivity index (χ1v) is 8.79. The number of hydrogen-bond donors (Lipinski definition) is 4. The van der Waals surface area contributed by atoms with E-state index in [0.717, 1.165) is 0 Å². The zero-order chi connectivity index (χ0) is 20.7. The highest BCUT2D eigenvalue weighted by molar-refractivity contribution is 5.70. The van der Waals surface area contributed by atoms with Gasteiger partial charge in [0.2, 0.25) is 0 Å². The van der Waals surface area contributed by atoms with E-state index >= 15 is 0 Å². The molecule has 154 valence electrons. The van der Waals surface area contributed by atoms with E-state index in [1.165, 1.54) is 0 Å². The average Bonchev–Trinajstić information content (AvgIpc) is 2.54. The number of carboxylic acids is 3. The molecule has 1 aliphatic heterocycles. The standard InChI is InChI=1S/C17H25N5O6/c18-12-5-13-7-21(10-16(25)26)3-1-20(9-15(23)24)2-4-22(11-17(27)28)8-14(6-12)19-13/h5-6H,1-4,7-11H2,(H2,18,19)(H,23,24)(H,25,26)(H,27,28). The summed E-state index contributed by atoms with van der Waals surface area (Å²) in [6.07, 6.45) is 0. The van der Waals surface area contributed by atoms with Gasteiger partial charge < -0.3 is 21.1 Å². The molecule has 28 heavy (non-hydrogen) atoms. The highest BCUT2D eigenvalue weighted by Gasteiger charge is 2.19. The molecule has 2 rings (SSSR count). The van der Waals surface area contributed by atoms with Gasteiger partial charge in [0.1, 0.15) is 0 Å². The highest BCUT2D eigenvalue weighted by atomic mass is 16.4. The monoisotopic (exact) mass is 395 g/mol. The third-order valence-corrected chi connectivity index (χ3v) is 4.27. The van der Waals surface area contributed by atoms with E-state index in [1.807, 2.05) is 0 Å². The van der Waals surface area contributed by atoms with Crippen LogP contribution >= 0.6 is 0 Å². The van der Waals surface area contributed by atoms with Gasteiger partial charge in [-0.2, -0.15) is 0 Å². The minimum atomic E-state index is -0.999. The Morgan fingerprint density at radius 1 is 0.786 bits per heavy atom. The van der Waals surface area contributed by atoms with Crippen LogP contribution in [0.3, 0.4) is 0 Å². The van der Waals surface area contributed by atoms with Crippen LogP contribution in [0, 0.1) is 0 Å². The van der Waals surface area contributed by atoms with Crippen molar-refractivity contribution in [1.82, 2.24) is 19.7 Å². The molecular weight excluding hydrogens is 370 g/mol. The molecule has 0 spiro atoms. The van der Waals surface area contributed by atoms with Crippen LogP contribution in [-0.4, -0.2) is 98.7 Å². The molecule has 0 amide bonds. The zero-order valence-electron chi connectivity index (χ0n) is 15.5. The van der Waals surface area contributed by atoms with Gasteiger partial charge in [-0.15, -0.1) is 0 Å². The van der Waals surface area contributed by atoms with E-state index in [0.29, 0.717) is 43.3 Å². The maximum Gasteiger partial charge on any atom is 0.317 e. The summed E-state index contributed by atoms with van der Waals surface area (Å²) in [5.41, 5.74) is 7.57. The zero-order valence-corrected chi connectivity index (χ0v) is 15.5. The fourth-order valence-electron chi connectivity index (χ4n) is 3.13. The summed E-state index contributed by atoms with van der Waals surface area (Å²) in [5, 5.41) is 27.4. The molecular formula is C17H25N5O6.